The van der Waals surface area contributed by atoms with Gasteiger partial charge in [-0.1, -0.05) is 28.1 Å². The van der Waals surface area contributed by atoms with E-state index >= 15 is 0 Å². The Morgan fingerprint density at radius 1 is 1.07 bits per heavy atom. The lowest BCUT2D eigenvalue weighted by Crippen LogP contribution is -2.48. The third-order valence-electron chi connectivity index (χ3n) is 4.68. The molecule has 27 heavy (non-hydrogen) atoms. The Morgan fingerprint density at radius 3 is 2.52 bits per heavy atom. The highest BCUT2D eigenvalue weighted by molar-refractivity contribution is 9.10. The number of para-hydroxylation sites is 1. The summed E-state index contributed by atoms with van der Waals surface area (Å²) in [7, 11) is 0. The highest BCUT2D eigenvalue weighted by Crippen LogP contribution is 2.37. The molecule has 2 aliphatic rings. The minimum atomic E-state index is -0.232. The maximum Gasteiger partial charge on any atom is 0.246 e. The first-order valence-corrected chi connectivity index (χ1v) is 9.47. The Balaban J connectivity index is 1.39. The van der Waals surface area contributed by atoms with Crippen molar-refractivity contribution < 1.29 is 18.7 Å². The van der Waals surface area contributed by atoms with Crippen LogP contribution in [-0.4, -0.2) is 43.8 Å². The van der Waals surface area contributed by atoms with Crippen LogP contribution in [0, 0.1) is 5.82 Å². The van der Waals surface area contributed by atoms with Crippen molar-refractivity contribution in [1.82, 2.24) is 4.90 Å². The van der Waals surface area contributed by atoms with Gasteiger partial charge in [-0.3, -0.25) is 4.79 Å². The number of rotatable bonds is 3. The summed E-state index contributed by atoms with van der Waals surface area (Å²) in [5.41, 5.74) is 1.43. The van der Waals surface area contributed by atoms with Crippen LogP contribution in [0.1, 0.15) is 5.56 Å². The van der Waals surface area contributed by atoms with Crippen LogP contribution < -0.4 is 14.4 Å². The zero-order valence-corrected chi connectivity index (χ0v) is 16.1. The summed E-state index contributed by atoms with van der Waals surface area (Å²) >= 11 is 3.48. The van der Waals surface area contributed by atoms with Crippen molar-refractivity contribution >= 4 is 33.6 Å². The van der Waals surface area contributed by atoms with E-state index in [1.54, 1.807) is 29.2 Å². The van der Waals surface area contributed by atoms with Crippen molar-refractivity contribution in [3.63, 3.8) is 0 Å². The van der Waals surface area contributed by atoms with Crippen molar-refractivity contribution in [2.24, 2.45) is 0 Å². The van der Waals surface area contributed by atoms with Crippen molar-refractivity contribution in [2.75, 3.05) is 37.9 Å². The molecule has 0 aliphatic carbocycles. The van der Waals surface area contributed by atoms with Gasteiger partial charge in [0.1, 0.15) is 5.82 Å². The third kappa shape index (κ3) is 3.78. The molecule has 2 aromatic carbocycles. The molecule has 0 N–H and O–H groups in total. The zero-order chi connectivity index (χ0) is 18.8. The minimum Gasteiger partial charge on any atom is -0.454 e. The largest absolute Gasteiger partial charge is 0.454 e. The van der Waals surface area contributed by atoms with E-state index in [1.807, 2.05) is 23.1 Å². The first-order chi connectivity index (χ1) is 13.1. The molecule has 2 heterocycles. The molecular formula is C20H18BrFN2O3. The summed E-state index contributed by atoms with van der Waals surface area (Å²) in [4.78, 5) is 16.2. The molecule has 1 saturated heterocycles. The number of amides is 1. The van der Waals surface area contributed by atoms with Crippen molar-refractivity contribution in [3.05, 3.63) is 58.3 Å². The normalized spacial score (nSPS) is 16.2. The van der Waals surface area contributed by atoms with Crippen LogP contribution in [0.4, 0.5) is 10.1 Å². The van der Waals surface area contributed by atoms with Crippen LogP contribution in [0.5, 0.6) is 11.5 Å². The van der Waals surface area contributed by atoms with Gasteiger partial charge in [-0.05, 0) is 35.9 Å². The van der Waals surface area contributed by atoms with Crippen LogP contribution in [0.15, 0.2) is 46.9 Å². The molecule has 4 rings (SSSR count). The lowest BCUT2D eigenvalue weighted by Gasteiger charge is -2.35. The maximum absolute atomic E-state index is 13.9. The quantitative estimate of drug-likeness (QED) is 0.693. The fraction of sp³-hybridized carbons (Fsp3) is 0.250. The molecule has 1 fully saturated rings. The molecule has 1 amide bonds. The summed E-state index contributed by atoms with van der Waals surface area (Å²) in [6, 6.07) is 10.4. The van der Waals surface area contributed by atoms with Crippen molar-refractivity contribution in [1.29, 1.82) is 0 Å². The second-order valence-electron chi connectivity index (χ2n) is 6.32. The first kappa shape index (κ1) is 17.9. The van der Waals surface area contributed by atoms with Crippen molar-refractivity contribution in [2.45, 2.75) is 0 Å². The van der Waals surface area contributed by atoms with E-state index in [1.165, 1.54) is 6.07 Å². The highest BCUT2D eigenvalue weighted by Gasteiger charge is 2.21. The fourth-order valence-corrected chi connectivity index (χ4v) is 3.66. The predicted molar refractivity (Wildman–Crippen MR) is 104 cm³/mol. The van der Waals surface area contributed by atoms with Gasteiger partial charge in [0.25, 0.3) is 0 Å². The number of piperazine rings is 1. The zero-order valence-electron chi connectivity index (χ0n) is 14.5. The summed E-state index contributed by atoms with van der Waals surface area (Å²) in [6.07, 6.45) is 3.32. The Morgan fingerprint density at radius 2 is 1.78 bits per heavy atom. The SMILES string of the molecule is O=C(C=Cc1cc2c(cc1Br)OCO2)N1CCN(c2ccccc2F)CC1. The molecule has 0 atom stereocenters. The van der Waals surface area contributed by atoms with E-state index in [0.29, 0.717) is 43.4 Å². The van der Waals surface area contributed by atoms with Gasteiger partial charge >= 0.3 is 0 Å². The van der Waals surface area contributed by atoms with Crippen molar-refractivity contribution in [3.8, 4) is 11.5 Å². The maximum atomic E-state index is 13.9. The number of hydrogen-bond donors (Lipinski definition) is 0. The predicted octanol–water partition coefficient (Wildman–Crippen LogP) is 3.68. The molecule has 0 unspecified atom stereocenters. The molecule has 2 aromatic rings. The third-order valence-corrected chi connectivity index (χ3v) is 5.37. The molecule has 0 aromatic heterocycles. The average molecular weight is 433 g/mol. The number of carbonyl (C=O) groups is 1. The molecular weight excluding hydrogens is 415 g/mol. The van der Waals surface area contributed by atoms with Gasteiger partial charge in [0, 0.05) is 36.7 Å². The number of fused-ring (bicyclic) bond motifs is 1. The van der Waals surface area contributed by atoms with E-state index in [9.17, 15) is 9.18 Å². The monoisotopic (exact) mass is 432 g/mol. The van der Waals surface area contributed by atoms with Crippen LogP contribution in [-0.2, 0) is 4.79 Å². The number of nitrogens with zero attached hydrogens (tertiary/aromatic N) is 2. The summed E-state index contributed by atoms with van der Waals surface area (Å²) in [5.74, 6) is 1.07. The molecule has 0 spiro atoms. The van der Waals surface area contributed by atoms with Gasteiger partial charge in [-0.2, -0.15) is 0 Å². The standard InChI is InChI=1S/C20H18BrFN2O3/c21-15-12-19-18(26-13-27-19)11-14(15)5-6-20(25)24-9-7-23(8-10-24)17-4-2-1-3-16(17)22/h1-6,11-12H,7-10,13H2. The van der Waals surface area contributed by atoms with Crippen LogP contribution in [0.25, 0.3) is 6.08 Å². The Kier molecular flexibility index (Phi) is 5.03. The second kappa shape index (κ2) is 7.60. The number of ether oxygens (including phenoxy) is 2. The van der Waals surface area contributed by atoms with E-state index in [2.05, 4.69) is 15.9 Å². The van der Waals surface area contributed by atoms with Gasteiger partial charge in [-0.15, -0.1) is 0 Å². The Labute approximate surface area is 165 Å². The Hall–Kier alpha value is -2.54. The number of anilines is 1. The van der Waals surface area contributed by atoms with E-state index in [4.69, 9.17) is 9.47 Å². The topological polar surface area (TPSA) is 42.0 Å². The molecule has 0 bridgehead atoms. The minimum absolute atomic E-state index is 0.0623. The lowest BCUT2D eigenvalue weighted by atomic mass is 10.2. The van der Waals surface area contributed by atoms with Gasteiger partial charge in [0.05, 0.1) is 5.69 Å². The summed E-state index contributed by atoms with van der Waals surface area (Å²) in [5, 5.41) is 0. The fourth-order valence-electron chi connectivity index (χ4n) is 3.20. The van der Waals surface area contributed by atoms with E-state index in [0.717, 1.165) is 10.0 Å². The van der Waals surface area contributed by atoms with Gasteiger partial charge in [-0.25, -0.2) is 4.39 Å². The average Bonchev–Trinajstić information content (AvgIpc) is 3.13. The smallest absolute Gasteiger partial charge is 0.246 e. The van der Waals surface area contributed by atoms with E-state index in [-0.39, 0.29) is 18.5 Å². The molecule has 0 saturated carbocycles. The summed E-state index contributed by atoms with van der Waals surface area (Å²) in [6.45, 7) is 2.53. The van der Waals surface area contributed by atoms with Crippen LogP contribution in [0.2, 0.25) is 0 Å². The van der Waals surface area contributed by atoms with Gasteiger partial charge < -0.3 is 19.3 Å². The second-order valence-corrected chi connectivity index (χ2v) is 7.18. The van der Waals surface area contributed by atoms with E-state index < -0.39 is 0 Å². The number of benzene rings is 2. The lowest BCUT2D eigenvalue weighted by molar-refractivity contribution is -0.126. The number of halogens is 2. The number of carbonyl (C=O) groups excluding carboxylic acids is 1. The van der Waals surface area contributed by atoms with Gasteiger partial charge in [0.2, 0.25) is 12.7 Å². The Bertz CT molecular complexity index is 895. The van der Waals surface area contributed by atoms with Crippen LogP contribution >= 0.6 is 15.9 Å². The molecule has 7 heteroatoms. The summed E-state index contributed by atoms with van der Waals surface area (Å²) < 4.78 is 25.4. The number of hydrogen-bond acceptors (Lipinski definition) is 4. The molecule has 140 valence electrons. The molecule has 5 nitrogen and oxygen atoms in total. The first-order valence-electron chi connectivity index (χ1n) is 8.67. The molecule has 2 aliphatic heterocycles. The van der Waals surface area contributed by atoms with Crippen LogP contribution in [0.3, 0.4) is 0 Å². The molecule has 0 radical (unpaired) electrons. The van der Waals surface area contributed by atoms with Gasteiger partial charge in [0.15, 0.2) is 11.5 Å². The highest BCUT2D eigenvalue weighted by atomic mass is 79.9.